The number of hydrogen-bond donors (Lipinski definition) is 3. The summed E-state index contributed by atoms with van der Waals surface area (Å²) in [7, 11) is 0. The maximum atomic E-state index is 12.4. The number of carbonyl (C=O) groups is 2. The lowest BCUT2D eigenvalue weighted by Crippen LogP contribution is -2.49. The van der Waals surface area contributed by atoms with Crippen molar-refractivity contribution in [3.05, 3.63) is 71.9 Å². The number of amides is 1. The fourth-order valence-corrected chi connectivity index (χ4v) is 4.32. The maximum Gasteiger partial charge on any atom is 0.325 e. The van der Waals surface area contributed by atoms with Gasteiger partial charge in [0.1, 0.15) is 6.04 Å². The van der Waals surface area contributed by atoms with E-state index in [9.17, 15) is 14.7 Å². The van der Waals surface area contributed by atoms with Crippen LogP contribution in [0.4, 0.5) is 5.69 Å². The Balaban J connectivity index is 1.45. The van der Waals surface area contributed by atoms with Gasteiger partial charge in [0, 0.05) is 67.0 Å². The van der Waals surface area contributed by atoms with Crippen molar-refractivity contribution in [1.29, 1.82) is 0 Å². The molecule has 0 radical (unpaired) electrons. The highest BCUT2D eigenvalue weighted by Gasteiger charge is 2.32. The van der Waals surface area contributed by atoms with Gasteiger partial charge in [0.2, 0.25) is 5.91 Å². The number of piperazine rings is 1. The molecule has 3 aromatic rings. The second-order valence-electron chi connectivity index (χ2n) is 9.04. The molecular formula is C27H32N4O3. The van der Waals surface area contributed by atoms with Crippen molar-refractivity contribution in [2.45, 2.75) is 19.9 Å². The van der Waals surface area contributed by atoms with E-state index in [4.69, 9.17) is 0 Å². The number of aromatic amines is 1. The second kappa shape index (κ2) is 10.7. The third kappa shape index (κ3) is 5.55. The van der Waals surface area contributed by atoms with Crippen LogP contribution in [0, 0.1) is 5.92 Å². The summed E-state index contributed by atoms with van der Waals surface area (Å²) in [6.45, 7) is 7.48. The lowest BCUT2D eigenvalue weighted by molar-refractivity contribution is -0.144. The normalized spacial score (nSPS) is 16.3. The number of rotatable bonds is 8. The second-order valence-corrected chi connectivity index (χ2v) is 9.04. The molecule has 1 saturated heterocycles. The van der Waals surface area contributed by atoms with Crippen LogP contribution < -0.4 is 5.32 Å². The van der Waals surface area contributed by atoms with E-state index in [1.54, 1.807) is 6.20 Å². The molecule has 1 aromatic heterocycles. The zero-order valence-electron chi connectivity index (χ0n) is 19.7. The van der Waals surface area contributed by atoms with Gasteiger partial charge in [-0.2, -0.15) is 0 Å². The van der Waals surface area contributed by atoms with Gasteiger partial charge in [-0.3, -0.25) is 19.4 Å². The van der Waals surface area contributed by atoms with Gasteiger partial charge in [-0.25, -0.2) is 0 Å². The molecule has 34 heavy (non-hydrogen) atoms. The molecular weight excluding hydrogens is 428 g/mol. The number of anilines is 1. The largest absolute Gasteiger partial charge is 0.480 e. The molecule has 1 aliphatic rings. The van der Waals surface area contributed by atoms with Crippen molar-refractivity contribution in [1.82, 2.24) is 14.8 Å². The standard InChI is InChI=1S/C27H32N4O3/c1-19(2)26(32)29-21-10-11-24-22(17-21)23(18-28-24)25(27(33)34)31-15-13-30(14-16-31)12-6-9-20-7-4-3-5-8-20/h3-11,17-19,25,28H,12-16H2,1-2H3,(H,29,32)(H,33,34)/b9-6+/t25-/m0/s1. The molecule has 7 heteroatoms. The number of hydrogen-bond acceptors (Lipinski definition) is 4. The van der Waals surface area contributed by atoms with Crippen LogP contribution in [0.1, 0.15) is 31.0 Å². The van der Waals surface area contributed by atoms with Gasteiger partial charge in [0.15, 0.2) is 0 Å². The summed E-state index contributed by atoms with van der Waals surface area (Å²) in [5.74, 6) is -1.06. The van der Waals surface area contributed by atoms with E-state index in [1.807, 2.05) is 55.1 Å². The predicted molar refractivity (Wildman–Crippen MR) is 136 cm³/mol. The number of carbonyl (C=O) groups excluding carboxylic acids is 1. The highest BCUT2D eigenvalue weighted by molar-refractivity contribution is 5.96. The SMILES string of the molecule is CC(C)C(=O)Nc1ccc2[nH]cc([C@@H](C(=O)O)N3CCN(C/C=C/c4ccccc4)CC3)c2c1. The topological polar surface area (TPSA) is 88.7 Å². The van der Waals surface area contributed by atoms with E-state index in [0.717, 1.165) is 36.1 Å². The van der Waals surface area contributed by atoms with Crippen LogP contribution in [0.3, 0.4) is 0 Å². The Morgan fingerprint density at radius 3 is 2.50 bits per heavy atom. The Morgan fingerprint density at radius 2 is 1.82 bits per heavy atom. The van der Waals surface area contributed by atoms with Crippen LogP contribution >= 0.6 is 0 Å². The van der Waals surface area contributed by atoms with E-state index in [-0.39, 0.29) is 11.8 Å². The third-order valence-corrected chi connectivity index (χ3v) is 6.28. The Morgan fingerprint density at radius 1 is 1.09 bits per heavy atom. The van der Waals surface area contributed by atoms with Gasteiger partial charge in [-0.1, -0.05) is 56.3 Å². The van der Waals surface area contributed by atoms with Crippen LogP contribution in [0.25, 0.3) is 17.0 Å². The van der Waals surface area contributed by atoms with Crippen molar-refractivity contribution in [2.75, 3.05) is 38.0 Å². The number of fused-ring (bicyclic) bond motifs is 1. The molecule has 2 heterocycles. The number of carboxylic acids is 1. The van der Waals surface area contributed by atoms with Crippen molar-refractivity contribution in [2.24, 2.45) is 5.92 Å². The molecule has 2 aromatic carbocycles. The van der Waals surface area contributed by atoms with Crippen LogP contribution in [-0.4, -0.2) is 64.5 Å². The first-order chi connectivity index (χ1) is 16.4. The minimum absolute atomic E-state index is 0.0661. The molecule has 0 bridgehead atoms. The number of benzene rings is 2. The van der Waals surface area contributed by atoms with Gasteiger partial charge < -0.3 is 15.4 Å². The fraction of sp³-hybridized carbons (Fsp3) is 0.333. The first-order valence-electron chi connectivity index (χ1n) is 11.7. The van der Waals surface area contributed by atoms with E-state index >= 15 is 0 Å². The van der Waals surface area contributed by atoms with E-state index in [2.05, 4.69) is 39.5 Å². The van der Waals surface area contributed by atoms with Crippen LogP contribution in [0.2, 0.25) is 0 Å². The summed E-state index contributed by atoms with van der Waals surface area (Å²) in [5, 5.41) is 13.9. The Kier molecular flexibility index (Phi) is 7.45. The molecule has 0 saturated carbocycles. The maximum absolute atomic E-state index is 12.4. The van der Waals surface area contributed by atoms with Crippen LogP contribution in [-0.2, 0) is 9.59 Å². The van der Waals surface area contributed by atoms with Crippen molar-refractivity contribution < 1.29 is 14.7 Å². The zero-order valence-corrected chi connectivity index (χ0v) is 19.7. The molecule has 1 atom stereocenters. The molecule has 1 amide bonds. The average Bonchev–Trinajstić information content (AvgIpc) is 3.23. The number of H-pyrrole nitrogens is 1. The summed E-state index contributed by atoms with van der Waals surface area (Å²) in [5.41, 5.74) is 3.43. The number of carboxylic acid groups (broad SMARTS) is 1. The monoisotopic (exact) mass is 460 g/mol. The predicted octanol–water partition coefficient (Wildman–Crippen LogP) is 4.22. The molecule has 0 spiro atoms. The highest BCUT2D eigenvalue weighted by Crippen LogP contribution is 2.31. The molecule has 3 N–H and O–H groups in total. The smallest absolute Gasteiger partial charge is 0.325 e. The Bertz CT molecular complexity index is 1160. The first-order valence-corrected chi connectivity index (χ1v) is 11.7. The summed E-state index contributed by atoms with van der Waals surface area (Å²) < 4.78 is 0. The quantitative estimate of drug-likeness (QED) is 0.468. The van der Waals surface area contributed by atoms with Gasteiger partial charge in [-0.15, -0.1) is 0 Å². The third-order valence-electron chi connectivity index (χ3n) is 6.28. The molecule has 1 aliphatic heterocycles. The van der Waals surface area contributed by atoms with Crippen LogP contribution in [0.15, 0.2) is 60.8 Å². The lowest BCUT2D eigenvalue weighted by atomic mass is 10.0. The van der Waals surface area contributed by atoms with E-state index in [1.165, 1.54) is 5.56 Å². The molecule has 7 nitrogen and oxygen atoms in total. The van der Waals surface area contributed by atoms with Crippen LogP contribution in [0.5, 0.6) is 0 Å². The fourth-order valence-electron chi connectivity index (χ4n) is 4.32. The molecule has 178 valence electrons. The van der Waals surface area contributed by atoms with Gasteiger partial charge in [0.25, 0.3) is 0 Å². The van der Waals surface area contributed by atoms with Gasteiger partial charge >= 0.3 is 5.97 Å². The zero-order chi connectivity index (χ0) is 24.1. The number of aromatic nitrogens is 1. The van der Waals surface area contributed by atoms with E-state index < -0.39 is 12.0 Å². The highest BCUT2D eigenvalue weighted by atomic mass is 16.4. The molecule has 0 unspecified atom stereocenters. The Labute approximate surface area is 200 Å². The molecule has 1 fully saturated rings. The number of aliphatic carboxylic acids is 1. The summed E-state index contributed by atoms with van der Waals surface area (Å²) in [6.07, 6.45) is 6.06. The average molecular weight is 461 g/mol. The minimum atomic E-state index is -0.866. The Hall–Kier alpha value is -3.42. The molecule has 0 aliphatic carbocycles. The first kappa shape index (κ1) is 23.7. The van der Waals surface area contributed by atoms with Gasteiger partial charge in [0.05, 0.1) is 0 Å². The number of nitrogens with one attached hydrogen (secondary N) is 2. The van der Waals surface area contributed by atoms with Crippen molar-refractivity contribution in [3.8, 4) is 0 Å². The molecule has 4 rings (SSSR count). The number of nitrogens with zero attached hydrogens (tertiary/aromatic N) is 2. The lowest BCUT2D eigenvalue weighted by Gasteiger charge is -2.37. The summed E-state index contributed by atoms with van der Waals surface area (Å²) in [4.78, 5) is 32.0. The van der Waals surface area contributed by atoms with E-state index in [0.29, 0.717) is 18.8 Å². The van der Waals surface area contributed by atoms with Crippen molar-refractivity contribution >= 4 is 34.5 Å². The van der Waals surface area contributed by atoms with Gasteiger partial charge in [-0.05, 0) is 23.8 Å². The summed E-state index contributed by atoms with van der Waals surface area (Å²) in [6, 6.07) is 15.0. The minimum Gasteiger partial charge on any atom is -0.480 e. The van der Waals surface area contributed by atoms with Crippen molar-refractivity contribution in [3.63, 3.8) is 0 Å². The summed E-state index contributed by atoms with van der Waals surface area (Å²) >= 11 is 0.